The molecule has 1 aliphatic heterocycles. The Bertz CT molecular complexity index is 1310. The van der Waals surface area contributed by atoms with Gasteiger partial charge in [0.1, 0.15) is 23.5 Å². The molecule has 3 atom stereocenters. The van der Waals surface area contributed by atoms with Crippen molar-refractivity contribution in [3.05, 3.63) is 52.3 Å². The third-order valence-corrected chi connectivity index (χ3v) is 7.19. The lowest BCUT2D eigenvalue weighted by atomic mass is 10.1. The molecule has 3 heterocycles. The Hall–Kier alpha value is -3.28. The average molecular weight is 560 g/mol. The van der Waals surface area contributed by atoms with Crippen molar-refractivity contribution in [1.82, 2.24) is 15.0 Å². The second-order valence-corrected chi connectivity index (χ2v) is 11.3. The van der Waals surface area contributed by atoms with E-state index in [4.69, 9.17) is 25.8 Å². The molecule has 0 bridgehead atoms. The average Bonchev–Trinajstić information content (AvgIpc) is 3.50. The minimum Gasteiger partial charge on any atom is -0.464 e. The van der Waals surface area contributed by atoms with E-state index in [1.807, 2.05) is 58.9 Å². The number of hydrogen-bond donors (Lipinski definition) is 1. The number of esters is 1. The van der Waals surface area contributed by atoms with Crippen LogP contribution in [0.2, 0.25) is 5.02 Å². The molecule has 1 fully saturated rings. The number of benzene rings is 1. The van der Waals surface area contributed by atoms with Gasteiger partial charge in [-0.15, -0.1) is 11.3 Å². The van der Waals surface area contributed by atoms with Crippen LogP contribution in [-0.4, -0.2) is 58.5 Å². The van der Waals surface area contributed by atoms with Gasteiger partial charge in [-0.3, -0.25) is 4.90 Å². The molecular formula is C26H30ClN5O5S. The van der Waals surface area contributed by atoms with Gasteiger partial charge in [0, 0.05) is 17.3 Å². The number of carbonyl (C=O) groups is 2. The van der Waals surface area contributed by atoms with Crippen LogP contribution >= 0.6 is 22.9 Å². The van der Waals surface area contributed by atoms with Gasteiger partial charge < -0.3 is 19.5 Å². The zero-order valence-corrected chi connectivity index (χ0v) is 23.6. The standard InChI is InChI=1S/C26H30ClN5O5S/c1-14(22-28-12-20(38-22)16-7-9-17(27)10-8-16)29-24-30-18(23(33)35-6)11-21(31-24)32-19(13-36-25(32)34)15(2)37-26(3,4)5/h7-12,14-15,19H,13H2,1-6H3,(H,29,30,31)/t14-,15+,19+/m0/s1. The first-order chi connectivity index (χ1) is 17.9. The van der Waals surface area contributed by atoms with E-state index in [-0.39, 0.29) is 36.2 Å². The summed E-state index contributed by atoms with van der Waals surface area (Å²) >= 11 is 7.51. The molecule has 0 unspecified atom stereocenters. The second-order valence-electron chi connectivity index (χ2n) is 9.81. The third kappa shape index (κ3) is 6.40. The minimum atomic E-state index is -0.660. The van der Waals surface area contributed by atoms with Gasteiger partial charge in [0.15, 0.2) is 5.69 Å². The Labute approximate surface area is 230 Å². The summed E-state index contributed by atoms with van der Waals surface area (Å²) in [6.07, 6.45) is 0.843. The first-order valence-electron chi connectivity index (χ1n) is 12.0. The molecule has 1 aromatic carbocycles. The highest BCUT2D eigenvalue weighted by molar-refractivity contribution is 7.15. The van der Waals surface area contributed by atoms with E-state index in [9.17, 15) is 9.59 Å². The second kappa shape index (κ2) is 11.2. The van der Waals surface area contributed by atoms with Crippen molar-refractivity contribution in [1.29, 1.82) is 0 Å². The highest BCUT2D eigenvalue weighted by Crippen LogP contribution is 2.32. The molecular weight excluding hydrogens is 530 g/mol. The zero-order valence-electron chi connectivity index (χ0n) is 22.0. The van der Waals surface area contributed by atoms with Crippen LogP contribution in [0.3, 0.4) is 0 Å². The molecule has 1 amide bonds. The number of ether oxygens (including phenoxy) is 3. The SMILES string of the molecule is COC(=O)c1cc(N2C(=O)OC[C@@H]2[C@@H](C)OC(C)(C)C)nc(N[C@@H](C)c2ncc(-c3ccc(Cl)cc3)s2)n1. The molecule has 1 aliphatic rings. The number of rotatable bonds is 8. The van der Waals surface area contributed by atoms with Crippen molar-refractivity contribution in [2.75, 3.05) is 23.9 Å². The number of hydrogen-bond acceptors (Lipinski definition) is 10. The Balaban J connectivity index is 1.62. The minimum absolute atomic E-state index is 0.00367. The summed E-state index contributed by atoms with van der Waals surface area (Å²) in [6, 6.07) is 8.18. The molecule has 202 valence electrons. The fraction of sp³-hybridized carbons (Fsp3) is 0.423. The normalized spacial score (nSPS) is 17.2. The molecule has 3 aromatic rings. The summed E-state index contributed by atoms with van der Waals surface area (Å²) < 4.78 is 16.3. The van der Waals surface area contributed by atoms with Crippen LogP contribution < -0.4 is 10.2 Å². The van der Waals surface area contributed by atoms with Gasteiger partial charge in [0.25, 0.3) is 0 Å². The molecule has 38 heavy (non-hydrogen) atoms. The predicted molar refractivity (Wildman–Crippen MR) is 146 cm³/mol. The van der Waals surface area contributed by atoms with E-state index >= 15 is 0 Å². The highest BCUT2D eigenvalue weighted by Gasteiger charge is 2.41. The van der Waals surface area contributed by atoms with E-state index < -0.39 is 23.7 Å². The number of thiazole rings is 1. The van der Waals surface area contributed by atoms with Crippen molar-refractivity contribution in [2.24, 2.45) is 0 Å². The Morgan fingerprint density at radius 1 is 1.24 bits per heavy atom. The largest absolute Gasteiger partial charge is 0.464 e. The number of nitrogens with zero attached hydrogens (tertiary/aromatic N) is 4. The fourth-order valence-corrected chi connectivity index (χ4v) is 5.06. The number of aromatic nitrogens is 3. The topological polar surface area (TPSA) is 116 Å². The molecule has 2 aromatic heterocycles. The number of halogens is 1. The first kappa shape index (κ1) is 27.7. The van der Waals surface area contributed by atoms with Gasteiger partial charge in [-0.25, -0.2) is 19.6 Å². The lowest BCUT2D eigenvalue weighted by Gasteiger charge is -2.31. The van der Waals surface area contributed by atoms with Crippen LogP contribution in [0.1, 0.15) is 56.2 Å². The molecule has 0 saturated carbocycles. The molecule has 1 N–H and O–H groups in total. The molecule has 1 saturated heterocycles. The molecule has 10 nitrogen and oxygen atoms in total. The van der Waals surface area contributed by atoms with Crippen LogP contribution in [0.25, 0.3) is 10.4 Å². The predicted octanol–water partition coefficient (Wildman–Crippen LogP) is 5.74. The van der Waals surface area contributed by atoms with E-state index in [2.05, 4.69) is 20.3 Å². The Kier molecular flexibility index (Phi) is 8.19. The third-order valence-electron chi connectivity index (χ3n) is 5.71. The van der Waals surface area contributed by atoms with Crippen molar-refractivity contribution in [2.45, 2.75) is 58.4 Å². The number of carbonyl (C=O) groups excluding carboxylic acids is 2. The molecule has 0 aliphatic carbocycles. The molecule has 12 heteroatoms. The quantitative estimate of drug-likeness (QED) is 0.345. The van der Waals surface area contributed by atoms with Crippen LogP contribution in [0, 0.1) is 0 Å². The zero-order chi connectivity index (χ0) is 27.6. The summed E-state index contributed by atoms with van der Waals surface area (Å²) in [4.78, 5) is 41.0. The monoisotopic (exact) mass is 559 g/mol. The number of anilines is 2. The summed E-state index contributed by atoms with van der Waals surface area (Å²) in [7, 11) is 1.26. The van der Waals surface area contributed by atoms with Crippen molar-refractivity contribution in [3.8, 4) is 10.4 Å². The van der Waals surface area contributed by atoms with Crippen molar-refractivity contribution in [3.63, 3.8) is 0 Å². The van der Waals surface area contributed by atoms with Crippen LogP contribution in [-0.2, 0) is 14.2 Å². The van der Waals surface area contributed by atoms with Gasteiger partial charge in [-0.1, -0.05) is 23.7 Å². The lowest BCUT2D eigenvalue weighted by molar-refractivity contribution is -0.0618. The van der Waals surface area contributed by atoms with Crippen molar-refractivity contribution < 1.29 is 23.8 Å². The maximum absolute atomic E-state index is 12.8. The van der Waals surface area contributed by atoms with Gasteiger partial charge >= 0.3 is 12.1 Å². The maximum atomic E-state index is 12.8. The van der Waals surface area contributed by atoms with Crippen LogP contribution in [0.5, 0.6) is 0 Å². The van der Waals surface area contributed by atoms with Gasteiger partial charge in [-0.2, -0.15) is 4.98 Å². The Morgan fingerprint density at radius 2 is 1.95 bits per heavy atom. The van der Waals surface area contributed by atoms with Gasteiger partial charge in [-0.05, 0) is 52.3 Å². The number of amides is 1. The van der Waals surface area contributed by atoms with Crippen molar-refractivity contribution >= 4 is 46.8 Å². The van der Waals surface area contributed by atoms with Gasteiger partial charge in [0.05, 0.1) is 29.7 Å². The van der Waals surface area contributed by atoms with E-state index in [0.29, 0.717) is 5.02 Å². The Morgan fingerprint density at radius 3 is 2.61 bits per heavy atom. The van der Waals surface area contributed by atoms with E-state index in [1.165, 1.54) is 29.4 Å². The van der Waals surface area contributed by atoms with Crippen LogP contribution in [0.15, 0.2) is 36.5 Å². The van der Waals surface area contributed by atoms with Gasteiger partial charge in [0.2, 0.25) is 5.95 Å². The highest BCUT2D eigenvalue weighted by atomic mass is 35.5. The smallest absolute Gasteiger partial charge is 0.416 e. The number of methoxy groups -OCH3 is 1. The molecule has 0 radical (unpaired) electrons. The first-order valence-corrected chi connectivity index (χ1v) is 13.2. The number of nitrogens with one attached hydrogen (secondary N) is 1. The van der Waals surface area contributed by atoms with E-state index in [0.717, 1.165) is 15.4 Å². The summed E-state index contributed by atoms with van der Waals surface area (Å²) in [6.45, 7) is 9.71. The summed E-state index contributed by atoms with van der Waals surface area (Å²) in [5.74, 6) is -0.318. The summed E-state index contributed by atoms with van der Waals surface area (Å²) in [5.41, 5.74) is 0.568. The number of cyclic esters (lactones) is 1. The molecule has 4 rings (SSSR count). The lowest BCUT2D eigenvalue weighted by Crippen LogP contribution is -2.45. The summed E-state index contributed by atoms with van der Waals surface area (Å²) in [5, 5.41) is 4.65. The van der Waals surface area contributed by atoms with Crippen LogP contribution in [0.4, 0.5) is 16.6 Å². The van der Waals surface area contributed by atoms with E-state index in [1.54, 1.807) is 6.20 Å². The molecule has 0 spiro atoms. The fourth-order valence-electron chi connectivity index (χ4n) is 4.00. The maximum Gasteiger partial charge on any atom is 0.416 e.